The van der Waals surface area contributed by atoms with Crippen LogP contribution in [0.1, 0.15) is 31.9 Å². The fourth-order valence-corrected chi connectivity index (χ4v) is 4.25. The SMILES string of the molecule is COc1cc(Br)cc2c1OCc1c-2ccc2c1C(C)=CC(C)(C)N2. The molecule has 2 heterocycles. The van der Waals surface area contributed by atoms with Crippen LogP contribution in [0.25, 0.3) is 16.7 Å². The molecule has 0 bridgehead atoms. The average Bonchev–Trinajstić information content (AvgIpc) is 2.51. The summed E-state index contributed by atoms with van der Waals surface area (Å²) in [5.41, 5.74) is 7.21. The van der Waals surface area contributed by atoms with Gasteiger partial charge in [-0.05, 0) is 50.1 Å². The Bertz CT molecular complexity index is 884. The summed E-state index contributed by atoms with van der Waals surface area (Å²) >= 11 is 3.58. The van der Waals surface area contributed by atoms with Gasteiger partial charge in [-0.2, -0.15) is 0 Å². The molecule has 2 aliphatic rings. The Balaban J connectivity index is 1.96. The molecule has 4 heteroatoms. The second-order valence-corrected chi connectivity index (χ2v) is 7.88. The molecule has 0 saturated carbocycles. The number of fused-ring (bicyclic) bond motifs is 5. The predicted octanol–water partition coefficient (Wildman–Crippen LogP) is 5.62. The van der Waals surface area contributed by atoms with Crippen LogP contribution >= 0.6 is 15.9 Å². The van der Waals surface area contributed by atoms with Crippen molar-refractivity contribution in [1.29, 1.82) is 0 Å². The minimum absolute atomic E-state index is 0.0367. The van der Waals surface area contributed by atoms with Crippen molar-refractivity contribution in [2.24, 2.45) is 0 Å². The Morgan fingerprint density at radius 2 is 2.00 bits per heavy atom. The minimum Gasteiger partial charge on any atom is -0.493 e. The highest BCUT2D eigenvalue weighted by Crippen LogP contribution is 2.49. The largest absolute Gasteiger partial charge is 0.493 e. The van der Waals surface area contributed by atoms with Gasteiger partial charge >= 0.3 is 0 Å². The number of allylic oxidation sites excluding steroid dienone is 1. The van der Waals surface area contributed by atoms with Crippen molar-refractivity contribution in [3.8, 4) is 22.6 Å². The molecular formula is C20H20BrNO2. The van der Waals surface area contributed by atoms with E-state index in [0.29, 0.717) is 6.61 Å². The molecule has 0 unspecified atom stereocenters. The van der Waals surface area contributed by atoms with Gasteiger partial charge in [0.15, 0.2) is 11.5 Å². The highest BCUT2D eigenvalue weighted by atomic mass is 79.9. The van der Waals surface area contributed by atoms with Gasteiger partial charge in [-0.1, -0.05) is 28.1 Å². The van der Waals surface area contributed by atoms with E-state index in [-0.39, 0.29) is 5.54 Å². The third kappa shape index (κ3) is 2.32. The minimum atomic E-state index is -0.0367. The maximum atomic E-state index is 6.09. The molecule has 2 aliphatic heterocycles. The Labute approximate surface area is 150 Å². The van der Waals surface area contributed by atoms with E-state index in [1.54, 1.807) is 7.11 Å². The number of hydrogen-bond acceptors (Lipinski definition) is 3. The normalized spacial score (nSPS) is 16.8. The number of halogens is 1. The van der Waals surface area contributed by atoms with Gasteiger partial charge in [0.1, 0.15) is 6.61 Å². The number of ether oxygens (including phenoxy) is 2. The molecule has 124 valence electrons. The van der Waals surface area contributed by atoms with Gasteiger partial charge in [0.25, 0.3) is 0 Å². The lowest BCUT2D eigenvalue weighted by atomic mass is 9.84. The van der Waals surface area contributed by atoms with E-state index in [0.717, 1.165) is 21.5 Å². The van der Waals surface area contributed by atoms with Gasteiger partial charge in [0.05, 0.1) is 12.6 Å². The van der Waals surface area contributed by atoms with Crippen LogP contribution in [0.5, 0.6) is 11.5 Å². The molecule has 0 aliphatic carbocycles. The molecule has 0 amide bonds. The zero-order chi connectivity index (χ0) is 17.1. The first-order valence-corrected chi connectivity index (χ1v) is 8.83. The molecule has 4 rings (SSSR count). The summed E-state index contributed by atoms with van der Waals surface area (Å²) in [6.07, 6.45) is 2.28. The third-order valence-electron chi connectivity index (χ3n) is 4.63. The Hall–Kier alpha value is -1.94. The third-order valence-corrected chi connectivity index (χ3v) is 5.09. The maximum absolute atomic E-state index is 6.09. The summed E-state index contributed by atoms with van der Waals surface area (Å²) in [7, 11) is 1.67. The van der Waals surface area contributed by atoms with Crippen molar-refractivity contribution in [3.05, 3.63) is 45.9 Å². The van der Waals surface area contributed by atoms with Crippen LogP contribution in [0.15, 0.2) is 34.8 Å². The van der Waals surface area contributed by atoms with Crippen molar-refractivity contribution in [2.75, 3.05) is 12.4 Å². The van der Waals surface area contributed by atoms with E-state index in [4.69, 9.17) is 9.47 Å². The van der Waals surface area contributed by atoms with E-state index in [9.17, 15) is 0 Å². The molecule has 0 spiro atoms. The molecule has 0 fully saturated rings. The quantitative estimate of drug-likeness (QED) is 0.690. The number of methoxy groups -OCH3 is 1. The molecule has 24 heavy (non-hydrogen) atoms. The van der Waals surface area contributed by atoms with Crippen molar-refractivity contribution in [2.45, 2.75) is 32.9 Å². The van der Waals surface area contributed by atoms with Crippen molar-refractivity contribution in [3.63, 3.8) is 0 Å². The number of benzene rings is 2. The van der Waals surface area contributed by atoms with Crippen LogP contribution in [-0.4, -0.2) is 12.6 Å². The second kappa shape index (κ2) is 5.28. The summed E-state index contributed by atoms with van der Waals surface area (Å²) < 4.78 is 12.6. The lowest BCUT2D eigenvalue weighted by molar-refractivity contribution is 0.281. The molecule has 0 saturated heterocycles. The van der Waals surface area contributed by atoms with Crippen LogP contribution in [0.2, 0.25) is 0 Å². The first-order chi connectivity index (χ1) is 11.4. The van der Waals surface area contributed by atoms with E-state index < -0.39 is 0 Å². The van der Waals surface area contributed by atoms with Crippen molar-refractivity contribution < 1.29 is 9.47 Å². The predicted molar refractivity (Wildman–Crippen MR) is 102 cm³/mol. The van der Waals surface area contributed by atoms with Gasteiger partial charge in [-0.3, -0.25) is 0 Å². The van der Waals surface area contributed by atoms with Gasteiger partial charge in [-0.15, -0.1) is 0 Å². The van der Waals surface area contributed by atoms with Gasteiger partial charge < -0.3 is 14.8 Å². The highest BCUT2D eigenvalue weighted by molar-refractivity contribution is 9.10. The second-order valence-electron chi connectivity index (χ2n) is 6.96. The number of anilines is 1. The average molecular weight is 386 g/mol. The van der Waals surface area contributed by atoms with Gasteiger partial charge in [-0.25, -0.2) is 0 Å². The maximum Gasteiger partial charge on any atom is 0.169 e. The van der Waals surface area contributed by atoms with Crippen LogP contribution < -0.4 is 14.8 Å². The lowest BCUT2D eigenvalue weighted by Crippen LogP contribution is -2.32. The Kier molecular flexibility index (Phi) is 3.43. The molecule has 0 aromatic heterocycles. The standard InChI is InChI=1S/C20H20BrNO2/c1-11-9-20(2,3)22-16-6-5-13-14-7-12(21)8-17(23-4)19(14)24-10-15(13)18(11)16/h5-9,22H,10H2,1-4H3. The van der Waals surface area contributed by atoms with E-state index in [1.165, 1.54) is 28.0 Å². The molecule has 2 aromatic carbocycles. The zero-order valence-electron chi connectivity index (χ0n) is 14.3. The topological polar surface area (TPSA) is 30.5 Å². The fourth-order valence-electron chi connectivity index (χ4n) is 3.81. The molecule has 1 N–H and O–H groups in total. The molecule has 0 atom stereocenters. The first kappa shape index (κ1) is 15.6. The molecule has 0 radical (unpaired) electrons. The van der Waals surface area contributed by atoms with E-state index in [2.05, 4.69) is 66.3 Å². The van der Waals surface area contributed by atoms with E-state index in [1.807, 2.05) is 6.07 Å². The van der Waals surface area contributed by atoms with Crippen LogP contribution in [-0.2, 0) is 6.61 Å². The number of rotatable bonds is 1. The Morgan fingerprint density at radius 1 is 1.21 bits per heavy atom. The number of hydrogen-bond donors (Lipinski definition) is 1. The zero-order valence-corrected chi connectivity index (χ0v) is 15.9. The summed E-state index contributed by atoms with van der Waals surface area (Å²) in [5, 5.41) is 3.61. The van der Waals surface area contributed by atoms with Crippen molar-refractivity contribution >= 4 is 27.2 Å². The smallest absolute Gasteiger partial charge is 0.169 e. The lowest BCUT2D eigenvalue weighted by Gasteiger charge is -2.34. The number of nitrogens with one attached hydrogen (secondary N) is 1. The summed E-state index contributed by atoms with van der Waals surface area (Å²) in [6, 6.07) is 8.40. The molecular weight excluding hydrogens is 366 g/mol. The van der Waals surface area contributed by atoms with Crippen LogP contribution in [0.3, 0.4) is 0 Å². The molecule has 3 nitrogen and oxygen atoms in total. The van der Waals surface area contributed by atoms with Crippen molar-refractivity contribution in [1.82, 2.24) is 0 Å². The summed E-state index contributed by atoms with van der Waals surface area (Å²) in [6.45, 7) is 7.11. The van der Waals surface area contributed by atoms with Crippen LogP contribution in [0, 0.1) is 0 Å². The Morgan fingerprint density at radius 3 is 2.75 bits per heavy atom. The monoisotopic (exact) mass is 385 g/mol. The highest BCUT2D eigenvalue weighted by Gasteiger charge is 2.29. The fraction of sp³-hybridized carbons (Fsp3) is 0.300. The summed E-state index contributed by atoms with van der Waals surface area (Å²) in [4.78, 5) is 0. The van der Waals surface area contributed by atoms with E-state index >= 15 is 0 Å². The molecule has 2 aromatic rings. The van der Waals surface area contributed by atoms with Crippen LogP contribution in [0.4, 0.5) is 5.69 Å². The van der Waals surface area contributed by atoms with Gasteiger partial charge in [0.2, 0.25) is 0 Å². The first-order valence-electron chi connectivity index (χ1n) is 8.04. The van der Waals surface area contributed by atoms with Gasteiger partial charge in [0, 0.05) is 26.9 Å². The summed E-state index contributed by atoms with van der Waals surface area (Å²) in [5.74, 6) is 1.58.